The van der Waals surface area contributed by atoms with Gasteiger partial charge in [0.15, 0.2) is 5.13 Å². The van der Waals surface area contributed by atoms with Crippen LogP contribution in [0.1, 0.15) is 19.7 Å². The highest BCUT2D eigenvalue weighted by Crippen LogP contribution is 2.41. The molecule has 2 aliphatic heterocycles. The molecule has 0 aliphatic carbocycles. The number of aromatic nitrogens is 6. The van der Waals surface area contributed by atoms with Crippen molar-refractivity contribution in [2.75, 3.05) is 23.8 Å². The van der Waals surface area contributed by atoms with E-state index in [4.69, 9.17) is 16.3 Å². The van der Waals surface area contributed by atoms with Crippen molar-refractivity contribution in [3.8, 4) is 0 Å². The average molecular weight is 614 g/mol. The number of aliphatic carboxylic acids is 2. The lowest BCUT2D eigenvalue weighted by Crippen LogP contribution is -2.71. The Kier molecular flexibility index (Phi) is 8.56. The molecule has 0 bridgehead atoms. The van der Waals surface area contributed by atoms with E-state index in [1.54, 1.807) is 0 Å². The highest BCUT2D eigenvalue weighted by molar-refractivity contribution is 8.01. The van der Waals surface area contributed by atoms with Gasteiger partial charge in [-0.05, 0) is 29.8 Å². The molecule has 4 heterocycles. The van der Waals surface area contributed by atoms with Crippen molar-refractivity contribution in [3.05, 3.63) is 17.1 Å². The van der Waals surface area contributed by atoms with Gasteiger partial charge in [0.2, 0.25) is 22.3 Å². The molecule has 2 atom stereocenters. The van der Waals surface area contributed by atoms with Gasteiger partial charge in [-0.2, -0.15) is 9.36 Å². The van der Waals surface area contributed by atoms with Crippen molar-refractivity contribution < 1.29 is 34.2 Å². The number of tetrazole rings is 1. The highest BCUT2D eigenvalue weighted by Gasteiger charge is 2.54. The Morgan fingerprint density at radius 2 is 2.08 bits per heavy atom. The molecule has 0 aromatic carbocycles. The number of oxime groups is 1. The van der Waals surface area contributed by atoms with Crippen LogP contribution >= 0.6 is 35.1 Å². The second-order valence-corrected chi connectivity index (χ2v) is 11.5. The van der Waals surface area contributed by atoms with Crippen molar-refractivity contribution in [1.82, 2.24) is 39.8 Å². The highest BCUT2D eigenvalue weighted by atomic mass is 32.2. The maximum atomic E-state index is 13.1. The van der Waals surface area contributed by atoms with Gasteiger partial charge in [0.25, 0.3) is 11.8 Å². The maximum Gasteiger partial charge on any atom is 0.352 e. The number of carbonyl (C=O) groups excluding carboxylic acids is 2. The molecule has 18 nitrogen and oxygen atoms in total. The monoisotopic (exact) mass is 613 g/mol. The van der Waals surface area contributed by atoms with Gasteiger partial charge >= 0.3 is 11.9 Å². The summed E-state index contributed by atoms with van der Waals surface area (Å²) in [6, 6.07) is -1.11. The van der Waals surface area contributed by atoms with Crippen LogP contribution in [0.5, 0.6) is 0 Å². The molecular formula is C19H23N11O7S3. The second-order valence-electron chi connectivity index (χ2n) is 8.68. The van der Waals surface area contributed by atoms with Crippen molar-refractivity contribution in [1.29, 1.82) is 0 Å². The number of carbonyl (C=O) groups is 4. The minimum atomic E-state index is -1.79. The van der Waals surface area contributed by atoms with E-state index in [-0.39, 0.29) is 28.2 Å². The first-order valence-electron chi connectivity index (χ1n) is 11.3. The van der Waals surface area contributed by atoms with E-state index in [1.165, 1.54) is 42.1 Å². The molecule has 40 heavy (non-hydrogen) atoms. The van der Waals surface area contributed by atoms with E-state index < -0.39 is 46.5 Å². The summed E-state index contributed by atoms with van der Waals surface area (Å²) in [5, 5.41) is 36.4. The molecule has 2 amide bonds. The van der Waals surface area contributed by atoms with Gasteiger partial charge in [-0.15, -0.1) is 16.9 Å². The van der Waals surface area contributed by atoms with Gasteiger partial charge in [0.05, 0.1) is 6.54 Å². The van der Waals surface area contributed by atoms with Gasteiger partial charge in [0.1, 0.15) is 17.1 Å². The number of carboxylic acid groups (broad SMARTS) is 2. The fraction of sp³-hybridized carbons (Fsp3) is 0.474. The Hall–Kier alpha value is -3.82. The van der Waals surface area contributed by atoms with E-state index >= 15 is 0 Å². The minimum absolute atomic E-state index is 0.0143. The minimum Gasteiger partial charge on any atom is -0.478 e. The summed E-state index contributed by atoms with van der Waals surface area (Å²) < 4.78 is 5.41. The number of rotatable bonds is 12. The molecule has 21 heteroatoms. The number of nitrogen functional groups attached to an aromatic ring is 1. The number of nitrogens with two attached hydrogens (primary N) is 2. The average Bonchev–Trinajstić information content (AvgIpc) is 3.54. The summed E-state index contributed by atoms with van der Waals surface area (Å²) >= 11 is 3.24. The fourth-order valence-electron chi connectivity index (χ4n) is 3.43. The van der Waals surface area contributed by atoms with Crippen LogP contribution in [0.3, 0.4) is 0 Å². The third kappa shape index (κ3) is 5.85. The van der Waals surface area contributed by atoms with Crippen molar-refractivity contribution in [2.24, 2.45) is 10.9 Å². The van der Waals surface area contributed by atoms with Gasteiger partial charge in [-0.25, -0.2) is 14.3 Å². The molecule has 1 unspecified atom stereocenters. The Morgan fingerprint density at radius 1 is 1.32 bits per heavy atom. The molecular weight excluding hydrogens is 590 g/mol. The van der Waals surface area contributed by atoms with Gasteiger partial charge in [0, 0.05) is 29.6 Å². The molecule has 2 aliphatic rings. The normalized spacial score (nSPS) is 19.2. The van der Waals surface area contributed by atoms with Gasteiger partial charge < -0.3 is 31.8 Å². The number of hydrogen-bond donors (Lipinski definition) is 5. The van der Waals surface area contributed by atoms with Crippen LogP contribution in [0.4, 0.5) is 5.13 Å². The third-order valence-electron chi connectivity index (χ3n) is 5.50. The van der Waals surface area contributed by atoms with Crippen LogP contribution in [-0.4, -0.2) is 109 Å². The fourth-order valence-corrected chi connectivity index (χ4v) is 6.26. The van der Waals surface area contributed by atoms with E-state index in [0.29, 0.717) is 23.8 Å². The summed E-state index contributed by atoms with van der Waals surface area (Å²) in [5.74, 6) is -4.01. The van der Waals surface area contributed by atoms with E-state index in [1.807, 2.05) is 0 Å². The molecule has 0 radical (unpaired) electrons. The molecule has 1 saturated heterocycles. The second kappa shape index (κ2) is 11.7. The van der Waals surface area contributed by atoms with E-state index in [2.05, 4.69) is 35.4 Å². The molecule has 2 aromatic heterocycles. The van der Waals surface area contributed by atoms with Crippen molar-refractivity contribution in [3.63, 3.8) is 0 Å². The topological polar surface area (TPSA) is 267 Å². The Bertz CT molecular complexity index is 1410. The first-order chi connectivity index (χ1) is 18.9. The quantitative estimate of drug-likeness (QED) is 0.0763. The zero-order valence-electron chi connectivity index (χ0n) is 20.9. The molecule has 0 spiro atoms. The third-order valence-corrected chi connectivity index (χ3v) is 8.43. The van der Waals surface area contributed by atoms with E-state index in [9.17, 15) is 29.4 Å². The Balaban J connectivity index is 1.51. The van der Waals surface area contributed by atoms with E-state index in [0.717, 1.165) is 16.4 Å². The van der Waals surface area contributed by atoms with Crippen molar-refractivity contribution in [2.45, 2.75) is 42.6 Å². The number of β-lactam (4-membered cyclic amide) rings is 1. The summed E-state index contributed by atoms with van der Waals surface area (Å²) in [4.78, 5) is 59.8. The molecule has 4 rings (SSSR count). The number of anilines is 1. The summed E-state index contributed by atoms with van der Waals surface area (Å²) in [7, 11) is 0. The number of thioether (sulfide) groups is 2. The lowest BCUT2D eigenvalue weighted by Gasteiger charge is -2.49. The SMILES string of the molecule is CC(C)(ON=C(C(=O)NC1C(=O)N2C(C(=O)O)=C(CSc3nnnn3CCN)CS[C@H]12)c1nsc(N)n1)C(=O)O. The van der Waals surface area contributed by atoms with Crippen LogP contribution in [0.15, 0.2) is 21.6 Å². The van der Waals surface area contributed by atoms with Gasteiger partial charge in [-0.1, -0.05) is 16.9 Å². The predicted molar refractivity (Wildman–Crippen MR) is 141 cm³/mol. The number of nitrogens with one attached hydrogen (secondary N) is 1. The molecule has 7 N–H and O–H groups in total. The van der Waals surface area contributed by atoms with Crippen LogP contribution < -0.4 is 16.8 Å². The standard InChI is InChI=1S/C19H23N11O7S3/c1-19(2,16(35)36)37-25-8(11-23-17(21)40-26-11)12(31)22-9-13(32)30-10(15(33)34)7(5-38-14(9)30)6-39-18-24-27-28-29(18)4-3-20/h9,14H,3-6,20H2,1-2H3,(H,22,31)(H,33,34)(H,35,36)(H2,21,23,26)/t9?,14-/m1/s1. The Morgan fingerprint density at radius 3 is 2.70 bits per heavy atom. The number of nitrogens with zero attached hydrogens (tertiary/aromatic N) is 8. The van der Waals surface area contributed by atoms with Crippen LogP contribution in [0.2, 0.25) is 0 Å². The number of carboxylic acids is 2. The van der Waals surface area contributed by atoms with Crippen molar-refractivity contribution >= 4 is 69.7 Å². The molecule has 214 valence electrons. The van der Waals surface area contributed by atoms with Gasteiger partial charge in [-0.3, -0.25) is 14.5 Å². The summed E-state index contributed by atoms with van der Waals surface area (Å²) in [6.45, 7) is 3.14. The Labute approximate surface area is 237 Å². The lowest BCUT2D eigenvalue weighted by atomic mass is 10.0. The van der Waals surface area contributed by atoms with Crippen LogP contribution in [-0.2, 0) is 30.6 Å². The smallest absolute Gasteiger partial charge is 0.352 e. The number of fused-ring (bicyclic) bond motifs is 1. The lowest BCUT2D eigenvalue weighted by molar-refractivity contribution is -0.161. The first kappa shape index (κ1) is 29.2. The summed E-state index contributed by atoms with van der Waals surface area (Å²) in [6.07, 6.45) is 0. The molecule has 2 aromatic rings. The molecule has 0 saturated carbocycles. The zero-order chi connectivity index (χ0) is 29.2. The first-order valence-corrected chi connectivity index (χ1v) is 14.1. The van der Waals surface area contributed by atoms with Crippen LogP contribution in [0, 0.1) is 0 Å². The maximum absolute atomic E-state index is 13.1. The summed E-state index contributed by atoms with van der Waals surface area (Å²) in [5.41, 5.74) is 9.16. The number of hydrogen-bond acceptors (Lipinski definition) is 16. The predicted octanol–water partition coefficient (Wildman–Crippen LogP) is -1.82. The van der Waals surface area contributed by atoms with Crippen LogP contribution in [0.25, 0.3) is 0 Å². The largest absolute Gasteiger partial charge is 0.478 e. The number of amides is 2. The molecule has 1 fully saturated rings. The zero-order valence-corrected chi connectivity index (χ0v) is 23.3.